The summed E-state index contributed by atoms with van der Waals surface area (Å²) in [6, 6.07) is 17.2. The van der Waals surface area contributed by atoms with E-state index in [0.717, 1.165) is 6.42 Å². The van der Waals surface area contributed by atoms with Crippen LogP contribution in [0.25, 0.3) is 0 Å². The molecule has 0 aromatic heterocycles. The number of hydrogen-bond donors (Lipinski definition) is 1. The minimum atomic E-state index is -0.0592. The maximum absolute atomic E-state index is 12.1. The molecule has 2 aromatic rings. The molecule has 0 bridgehead atoms. The molecule has 0 fully saturated rings. The number of carbonyl (C=O) groups excluding carboxylic acids is 1. The molecule has 104 valence electrons. The van der Waals surface area contributed by atoms with Crippen molar-refractivity contribution >= 4 is 17.5 Å². The molecule has 2 nitrogen and oxygen atoms in total. The van der Waals surface area contributed by atoms with E-state index in [0.29, 0.717) is 23.0 Å². The number of rotatable bonds is 5. The summed E-state index contributed by atoms with van der Waals surface area (Å²) in [7, 11) is 0. The van der Waals surface area contributed by atoms with Gasteiger partial charge in [-0.1, -0.05) is 48.9 Å². The first-order chi connectivity index (χ1) is 9.70. The van der Waals surface area contributed by atoms with E-state index in [2.05, 4.69) is 24.4 Å². The molecule has 2 rings (SSSR count). The van der Waals surface area contributed by atoms with Crippen LogP contribution in [-0.4, -0.2) is 12.5 Å². The maximum atomic E-state index is 12.1. The van der Waals surface area contributed by atoms with Crippen molar-refractivity contribution in [3.63, 3.8) is 0 Å². The fourth-order valence-electron chi connectivity index (χ4n) is 2.14. The summed E-state index contributed by atoms with van der Waals surface area (Å²) in [5.74, 6) is 0.281. The van der Waals surface area contributed by atoms with Gasteiger partial charge in [0.15, 0.2) is 0 Å². The Morgan fingerprint density at radius 1 is 1.10 bits per heavy atom. The van der Waals surface area contributed by atoms with Gasteiger partial charge in [0.05, 0.1) is 0 Å². The van der Waals surface area contributed by atoms with E-state index in [9.17, 15) is 4.79 Å². The standard InChI is InChI=1S/C17H18ClNO/c1-2-13(14-6-4-3-5-7-14)12-19-17(20)15-8-10-16(18)11-9-15/h3-11,13H,2,12H2,1H3,(H,19,20)/t13-/m1/s1. The van der Waals surface area contributed by atoms with Crippen molar-refractivity contribution in [2.24, 2.45) is 0 Å². The van der Waals surface area contributed by atoms with Crippen LogP contribution in [-0.2, 0) is 0 Å². The predicted molar refractivity (Wildman–Crippen MR) is 83.3 cm³/mol. The van der Waals surface area contributed by atoms with E-state index < -0.39 is 0 Å². The highest BCUT2D eigenvalue weighted by Crippen LogP contribution is 2.18. The lowest BCUT2D eigenvalue weighted by atomic mass is 9.96. The Morgan fingerprint density at radius 3 is 2.35 bits per heavy atom. The molecule has 1 N–H and O–H groups in total. The normalized spacial score (nSPS) is 11.9. The smallest absolute Gasteiger partial charge is 0.251 e. The van der Waals surface area contributed by atoms with Crippen LogP contribution in [0.1, 0.15) is 35.2 Å². The zero-order chi connectivity index (χ0) is 14.4. The SMILES string of the molecule is CC[C@H](CNC(=O)c1ccc(Cl)cc1)c1ccccc1. The Labute approximate surface area is 124 Å². The van der Waals surface area contributed by atoms with Crippen molar-refractivity contribution in [3.05, 3.63) is 70.7 Å². The molecule has 0 aliphatic carbocycles. The fraction of sp³-hybridized carbons (Fsp3) is 0.235. The predicted octanol–water partition coefficient (Wildman–Crippen LogP) is 4.26. The van der Waals surface area contributed by atoms with Crippen LogP contribution >= 0.6 is 11.6 Å². The number of halogens is 1. The number of amides is 1. The van der Waals surface area contributed by atoms with Gasteiger partial charge in [-0.05, 0) is 36.2 Å². The summed E-state index contributed by atoms with van der Waals surface area (Å²) in [4.78, 5) is 12.1. The number of nitrogens with one attached hydrogen (secondary N) is 1. The van der Waals surface area contributed by atoms with Gasteiger partial charge in [-0.2, -0.15) is 0 Å². The van der Waals surface area contributed by atoms with Gasteiger partial charge < -0.3 is 5.32 Å². The van der Waals surface area contributed by atoms with Gasteiger partial charge >= 0.3 is 0 Å². The molecule has 0 aliphatic rings. The van der Waals surface area contributed by atoms with Crippen LogP contribution in [0.2, 0.25) is 5.02 Å². The largest absolute Gasteiger partial charge is 0.351 e. The Bertz CT molecular complexity index is 551. The van der Waals surface area contributed by atoms with Gasteiger partial charge in [0.1, 0.15) is 0 Å². The Morgan fingerprint density at radius 2 is 1.75 bits per heavy atom. The van der Waals surface area contributed by atoms with Gasteiger partial charge in [0, 0.05) is 23.0 Å². The van der Waals surface area contributed by atoms with Gasteiger partial charge in [-0.15, -0.1) is 0 Å². The van der Waals surface area contributed by atoms with Crippen molar-refractivity contribution in [3.8, 4) is 0 Å². The summed E-state index contributed by atoms with van der Waals surface area (Å²) in [5, 5.41) is 3.62. The Hall–Kier alpha value is -1.80. The molecule has 0 spiro atoms. The van der Waals surface area contributed by atoms with Crippen molar-refractivity contribution < 1.29 is 4.79 Å². The summed E-state index contributed by atoms with van der Waals surface area (Å²) in [6.07, 6.45) is 0.991. The minimum Gasteiger partial charge on any atom is -0.351 e. The lowest BCUT2D eigenvalue weighted by molar-refractivity contribution is 0.0951. The Kier molecular flexibility index (Phi) is 5.19. The molecular formula is C17H18ClNO. The van der Waals surface area contributed by atoms with E-state index >= 15 is 0 Å². The maximum Gasteiger partial charge on any atom is 0.251 e. The van der Waals surface area contributed by atoms with Crippen molar-refractivity contribution in [2.45, 2.75) is 19.3 Å². The molecule has 0 aliphatic heterocycles. The summed E-state index contributed by atoms with van der Waals surface area (Å²) >= 11 is 5.81. The molecule has 0 saturated heterocycles. The van der Waals surface area contributed by atoms with E-state index in [1.54, 1.807) is 24.3 Å². The van der Waals surface area contributed by atoms with Crippen LogP contribution in [0.5, 0.6) is 0 Å². The van der Waals surface area contributed by atoms with Crippen LogP contribution < -0.4 is 5.32 Å². The lowest BCUT2D eigenvalue weighted by Crippen LogP contribution is -2.28. The Balaban J connectivity index is 1.96. The van der Waals surface area contributed by atoms with Crippen molar-refractivity contribution in [1.82, 2.24) is 5.32 Å². The quantitative estimate of drug-likeness (QED) is 0.874. The molecule has 0 unspecified atom stereocenters. The first-order valence-corrected chi connectivity index (χ1v) is 7.17. The van der Waals surface area contributed by atoms with Gasteiger partial charge in [0.25, 0.3) is 5.91 Å². The number of hydrogen-bond acceptors (Lipinski definition) is 1. The highest BCUT2D eigenvalue weighted by Gasteiger charge is 2.11. The third kappa shape index (κ3) is 3.84. The molecule has 1 amide bonds. The first kappa shape index (κ1) is 14.6. The van der Waals surface area contributed by atoms with Crippen LogP contribution in [0.15, 0.2) is 54.6 Å². The third-order valence-corrected chi connectivity index (χ3v) is 3.63. The second kappa shape index (κ2) is 7.11. The van der Waals surface area contributed by atoms with Crippen LogP contribution in [0.4, 0.5) is 0 Å². The second-order valence-electron chi connectivity index (χ2n) is 4.73. The van der Waals surface area contributed by atoms with E-state index in [4.69, 9.17) is 11.6 Å². The van der Waals surface area contributed by atoms with Gasteiger partial charge in [-0.3, -0.25) is 4.79 Å². The van der Waals surface area contributed by atoms with E-state index in [1.807, 2.05) is 18.2 Å². The van der Waals surface area contributed by atoms with E-state index in [-0.39, 0.29) is 5.91 Å². The molecule has 1 atom stereocenters. The fourth-order valence-corrected chi connectivity index (χ4v) is 2.27. The molecular weight excluding hydrogens is 270 g/mol. The zero-order valence-corrected chi connectivity index (χ0v) is 12.2. The summed E-state index contributed by atoms with van der Waals surface area (Å²) in [6.45, 7) is 2.77. The van der Waals surface area contributed by atoms with Crippen LogP contribution in [0.3, 0.4) is 0 Å². The van der Waals surface area contributed by atoms with Crippen LogP contribution in [0, 0.1) is 0 Å². The molecule has 0 heterocycles. The van der Waals surface area contributed by atoms with Crippen molar-refractivity contribution in [1.29, 1.82) is 0 Å². The molecule has 0 radical (unpaired) electrons. The number of benzene rings is 2. The molecule has 20 heavy (non-hydrogen) atoms. The van der Waals surface area contributed by atoms with Gasteiger partial charge in [0.2, 0.25) is 0 Å². The summed E-state index contributed by atoms with van der Waals surface area (Å²) < 4.78 is 0. The zero-order valence-electron chi connectivity index (χ0n) is 11.5. The monoisotopic (exact) mass is 287 g/mol. The van der Waals surface area contributed by atoms with Crippen molar-refractivity contribution in [2.75, 3.05) is 6.54 Å². The topological polar surface area (TPSA) is 29.1 Å². The highest BCUT2D eigenvalue weighted by atomic mass is 35.5. The average Bonchev–Trinajstić information content (AvgIpc) is 2.49. The lowest BCUT2D eigenvalue weighted by Gasteiger charge is -2.16. The summed E-state index contributed by atoms with van der Waals surface area (Å²) in [5.41, 5.74) is 1.89. The van der Waals surface area contributed by atoms with E-state index in [1.165, 1.54) is 5.56 Å². The first-order valence-electron chi connectivity index (χ1n) is 6.79. The molecule has 3 heteroatoms. The van der Waals surface area contributed by atoms with Gasteiger partial charge in [-0.25, -0.2) is 0 Å². The molecule has 2 aromatic carbocycles. The molecule has 0 saturated carbocycles. The second-order valence-corrected chi connectivity index (χ2v) is 5.17. The minimum absolute atomic E-state index is 0.0592. The number of carbonyl (C=O) groups is 1. The average molecular weight is 288 g/mol. The third-order valence-electron chi connectivity index (χ3n) is 3.38. The highest BCUT2D eigenvalue weighted by molar-refractivity contribution is 6.30.